The van der Waals surface area contributed by atoms with Crippen molar-refractivity contribution < 1.29 is 14.0 Å². The van der Waals surface area contributed by atoms with Crippen LogP contribution in [0.2, 0.25) is 0 Å². The van der Waals surface area contributed by atoms with Crippen molar-refractivity contribution in [3.05, 3.63) is 98.4 Å². The monoisotopic (exact) mass is 573 g/mol. The van der Waals surface area contributed by atoms with Crippen molar-refractivity contribution in [1.82, 2.24) is 0 Å². The Kier molecular flexibility index (Phi) is 5.58. The molecule has 2 aliphatic heterocycles. The first-order chi connectivity index (χ1) is 18.0. The van der Waals surface area contributed by atoms with Gasteiger partial charge in [0, 0.05) is 22.2 Å². The summed E-state index contributed by atoms with van der Waals surface area (Å²) in [6.45, 7) is 8.43. The molecular weight excluding hydrogens is 545 g/mol. The fourth-order valence-corrected chi connectivity index (χ4v) is 6.74. The molecule has 194 valence electrons. The SMILES string of the molecule is Cc1cc2c(cc1C)NC1(C(=O)N(Cc3cccc(F)c3)c3c(Br)cccc31)C1=C(CC(C)(C)CC1=O)N2. The summed E-state index contributed by atoms with van der Waals surface area (Å²) in [5.74, 6) is -0.663. The minimum atomic E-state index is -1.42. The number of Topliss-reactive ketones (excluding diaryl/α,β-unsaturated/α-hetero) is 1. The maximum Gasteiger partial charge on any atom is 0.262 e. The van der Waals surface area contributed by atoms with Gasteiger partial charge in [-0.2, -0.15) is 0 Å². The van der Waals surface area contributed by atoms with Gasteiger partial charge in [-0.15, -0.1) is 0 Å². The molecule has 0 radical (unpaired) electrons. The van der Waals surface area contributed by atoms with Crippen LogP contribution in [0, 0.1) is 25.1 Å². The topological polar surface area (TPSA) is 61.4 Å². The van der Waals surface area contributed by atoms with Crippen molar-refractivity contribution in [3.63, 3.8) is 0 Å². The van der Waals surface area contributed by atoms with E-state index in [2.05, 4.69) is 53.4 Å². The fraction of sp³-hybridized carbons (Fsp3) is 0.290. The first kappa shape index (κ1) is 24.9. The van der Waals surface area contributed by atoms with Gasteiger partial charge in [0.05, 0.1) is 29.2 Å². The minimum absolute atomic E-state index is 0.0515. The van der Waals surface area contributed by atoms with Crippen molar-refractivity contribution >= 4 is 44.7 Å². The molecule has 0 saturated carbocycles. The maximum absolute atomic E-state index is 14.8. The summed E-state index contributed by atoms with van der Waals surface area (Å²) in [4.78, 5) is 30.5. The average molecular weight is 574 g/mol. The highest BCUT2D eigenvalue weighted by Gasteiger charge is 2.59. The number of para-hydroxylation sites is 1. The van der Waals surface area contributed by atoms with E-state index in [1.54, 1.807) is 17.0 Å². The molecule has 1 atom stereocenters. The van der Waals surface area contributed by atoms with E-state index in [-0.39, 0.29) is 29.5 Å². The van der Waals surface area contributed by atoms with Gasteiger partial charge < -0.3 is 15.5 Å². The van der Waals surface area contributed by atoms with Crippen molar-refractivity contribution in [2.75, 3.05) is 15.5 Å². The van der Waals surface area contributed by atoms with Crippen LogP contribution < -0.4 is 15.5 Å². The number of hydrogen-bond acceptors (Lipinski definition) is 4. The van der Waals surface area contributed by atoms with Crippen LogP contribution in [-0.2, 0) is 21.7 Å². The molecule has 0 bridgehead atoms. The van der Waals surface area contributed by atoms with Crippen LogP contribution in [-0.4, -0.2) is 11.7 Å². The largest absolute Gasteiger partial charge is 0.362 e. The quantitative estimate of drug-likeness (QED) is 0.342. The number of aryl methyl sites for hydroxylation is 2. The molecule has 1 unspecified atom stereocenters. The molecule has 38 heavy (non-hydrogen) atoms. The van der Waals surface area contributed by atoms with Gasteiger partial charge in [-0.25, -0.2) is 4.39 Å². The lowest BCUT2D eigenvalue weighted by Gasteiger charge is -2.38. The Morgan fingerprint density at radius 1 is 0.974 bits per heavy atom. The number of amides is 1. The predicted molar refractivity (Wildman–Crippen MR) is 152 cm³/mol. The van der Waals surface area contributed by atoms with Crippen LogP contribution in [0.1, 0.15) is 48.9 Å². The highest BCUT2D eigenvalue weighted by molar-refractivity contribution is 9.10. The summed E-state index contributed by atoms with van der Waals surface area (Å²) in [5, 5.41) is 7.16. The Labute approximate surface area is 230 Å². The number of hydrogen-bond donors (Lipinski definition) is 2. The molecule has 3 aromatic carbocycles. The number of anilines is 3. The van der Waals surface area contributed by atoms with E-state index in [9.17, 15) is 14.0 Å². The van der Waals surface area contributed by atoms with Crippen molar-refractivity contribution in [3.8, 4) is 0 Å². The lowest BCUT2D eigenvalue weighted by Crippen LogP contribution is -2.50. The summed E-state index contributed by atoms with van der Waals surface area (Å²) in [7, 11) is 0. The smallest absolute Gasteiger partial charge is 0.262 e. The van der Waals surface area contributed by atoms with E-state index >= 15 is 0 Å². The molecular formula is C31H29BrFN3O2. The molecule has 7 heteroatoms. The number of allylic oxidation sites excluding steroid dienone is 1. The molecule has 6 rings (SSSR count). The van der Waals surface area contributed by atoms with Crippen LogP contribution in [0.3, 0.4) is 0 Å². The molecule has 1 spiro atoms. The molecule has 5 nitrogen and oxygen atoms in total. The van der Waals surface area contributed by atoms with Gasteiger partial charge in [0.25, 0.3) is 5.91 Å². The van der Waals surface area contributed by atoms with E-state index in [0.29, 0.717) is 35.2 Å². The Bertz CT molecular complexity index is 1580. The highest BCUT2D eigenvalue weighted by Crippen LogP contribution is 2.55. The highest BCUT2D eigenvalue weighted by atomic mass is 79.9. The van der Waals surface area contributed by atoms with Crippen molar-refractivity contribution in [2.24, 2.45) is 5.41 Å². The van der Waals surface area contributed by atoms with E-state index in [4.69, 9.17) is 0 Å². The summed E-state index contributed by atoms with van der Waals surface area (Å²) in [6.07, 6.45) is 0.968. The summed E-state index contributed by atoms with van der Waals surface area (Å²) in [5.41, 5.74) is 5.43. The van der Waals surface area contributed by atoms with Crippen LogP contribution in [0.5, 0.6) is 0 Å². The molecule has 0 aromatic heterocycles. The first-order valence-electron chi connectivity index (χ1n) is 12.8. The van der Waals surface area contributed by atoms with E-state index in [0.717, 1.165) is 32.7 Å². The number of fused-ring (bicyclic) bond motifs is 4. The van der Waals surface area contributed by atoms with E-state index in [1.165, 1.54) is 12.1 Å². The zero-order valence-electron chi connectivity index (χ0n) is 21.8. The Morgan fingerprint density at radius 3 is 2.42 bits per heavy atom. The first-order valence-corrected chi connectivity index (χ1v) is 13.6. The molecule has 2 heterocycles. The van der Waals surface area contributed by atoms with E-state index in [1.807, 2.05) is 31.2 Å². The molecule has 3 aromatic rings. The van der Waals surface area contributed by atoms with Gasteiger partial charge >= 0.3 is 0 Å². The molecule has 1 amide bonds. The number of carbonyl (C=O) groups excluding carboxylic acids is 2. The van der Waals surface area contributed by atoms with Gasteiger partial charge in [-0.05, 0) is 88.6 Å². The number of carbonyl (C=O) groups is 2. The van der Waals surface area contributed by atoms with Gasteiger partial charge in [0.2, 0.25) is 0 Å². The second kappa shape index (κ2) is 8.53. The number of halogens is 2. The third kappa shape index (κ3) is 3.70. The predicted octanol–water partition coefficient (Wildman–Crippen LogP) is 7.13. The van der Waals surface area contributed by atoms with Crippen LogP contribution >= 0.6 is 15.9 Å². The second-order valence-corrected chi connectivity index (χ2v) is 12.3. The van der Waals surface area contributed by atoms with Gasteiger partial charge in [0.1, 0.15) is 5.82 Å². The zero-order valence-corrected chi connectivity index (χ0v) is 23.4. The molecule has 2 N–H and O–H groups in total. The van der Waals surface area contributed by atoms with Gasteiger partial charge in [-0.1, -0.05) is 38.1 Å². The van der Waals surface area contributed by atoms with Gasteiger partial charge in [-0.3, -0.25) is 9.59 Å². The minimum Gasteiger partial charge on any atom is -0.362 e. The number of rotatable bonds is 2. The summed E-state index contributed by atoms with van der Waals surface area (Å²) < 4.78 is 14.8. The second-order valence-electron chi connectivity index (χ2n) is 11.4. The number of nitrogens with one attached hydrogen (secondary N) is 2. The van der Waals surface area contributed by atoms with Crippen LogP contribution in [0.15, 0.2) is 70.3 Å². The standard InChI is InChI=1S/C31H29BrFN3O2/c1-17-11-23-24(12-18(17)2)35-31(27-25(34-23)14-30(3,4)15-26(27)37)21-9-6-10-22(32)28(21)36(29(31)38)16-19-7-5-8-20(33)13-19/h5-13,34-35H,14-16H2,1-4H3. The average Bonchev–Trinajstić information content (AvgIpc) is 2.96. The Balaban J connectivity index is 1.63. The normalized spacial score (nSPS) is 21.5. The summed E-state index contributed by atoms with van der Waals surface area (Å²) in [6, 6.07) is 16.1. The number of benzene rings is 3. The third-order valence-electron chi connectivity index (χ3n) is 7.95. The Hall–Kier alpha value is -3.45. The fourth-order valence-electron chi connectivity index (χ4n) is 6.16. The van der Waals surface area contributed by atoms with Crippen LogP contribution in [0.25, 0.3) is 0 Å². The van der Waals surface area contributed by atoms with E-state index < -0.39 is 5.54 Å². The lowest BCUT2D eigenvalue weighted by molar-refractivity contribution is -0.125. The van der Waals surface area contributed by atoms with Crippen molar-refractivity contribution in [2.45, 2.75) is 52.6 Å². The molecule has 0 fully saturated rings. The zero-order chi connectivity index (χ0) is 27.0. The molecule has 3 aliphatic rings. The Morgan fingerprint density at radius 2 is 1.68 bits per heavy atom. The number of nitrogens with zero attached hydrogens (tertiary/aromatic N) is 1. The van der Waals surface area contributed by atoms with Gasteiger partial charge in [0.15, 0.2) is 11.3 Å². The lowest BCUT2D eigenvalue weighted by atomic mass is 9.69. The number of ketones is 1. The summed E-state index contributed by atoms with van der Waals surface area (Å²) >= 11 is 3.67. The molecule has 0 saturated heterocycles. The van der Waals surface area contributed by atoms with Crippen LogP contribution in [0.4, 0.5) is 21.5 Å². The van der Waals surface area contributed by atoms with Crippen molar-refractivity contribution in [1.29, 1.82) is 0 Å². The third-order valence-corrected chi connectivity index (χ3v) is 8.59. The molecule has 1 aliphatic carbocycles. The maximum atomic E-state index is 14.8.